The monoisotopic (exact) mass is 406 g/mol. The van der Waals surface area contributed by atoms with E-state index in [1.807, 2.05) is 33.4 Å². The molecular formula is C23H26N4O3. The average molecular weight is 406 g/mol. The fraction of sp³-hybridized carbons (Fsp3) is 0.304. The lowest BCUT2D eigenvalue weighted by Gasteiger charge is -2.16. The number of fused-ring (bicyclic) bond motifs is 2. The molecule has 1 aliphatic rings. The Hall–Kier alpha value is -3.16. The summed E-state index contributed by atoms with van der Waals surface area (Å²) in [5, 5.41) is 14.4. The topological polar surface area (TPSA) is 101 Å². The molecule has 0 amide bonds. The van der Waals surface area contributed by atoms with E-state index < -0.39 is 11.6 Å². The number of phenols is 1. The highest BCUT2D eigenvalue weighted by Crippen LogP contribution is 2.38. The minimum atomic E-state index is -0.524. The van der Waals surface area contributed by atoms with E-state index in [0.717, 1.165) is 34.3 Å². The fourth-order valence-electron chi connectivity index (χ4n) is 4.09. The third kappa shape index (κ3) is 3.36. The smallest absolute Gasteiger partial charge is 0.235 e. The van der Waals surface area contributed by atoms with Gasteiger partial charge < -0.3 is 25.3 Å². The van der Waals surface area contributed by atoms with Crippen molar-refractivity contribution in [2.75, 3.05) is 34.2 Å². The number of allylic oxidation sites excluding steroid dienone is 1. The first-order valence-corrected chi connectivity index (χ1v) is 10.1. The highest BCUT2D eigenvalue weighted by atomic mass is 16.3. The normalized spacial score (nSPS) is 13.9. The molecule has 7 heteroatoms. The van der Waals surface area contributed by atoms with Crippen molar-refractivity contribution in [3.05, 3.63) is 58.6 Å². The van der Waals surface area contributed by atoms with Gasteiger partial charge in [-0.3, -0.25) is 9.59 Å². The number of likely N-dealkylation sites (N-methyl/N-ethyl adjacent to an activating group) is 2. The molecule has 1 aromatic carbocycles. The number of phenolic OH excluding ortho intramolecular Hbond substituents is 1. The number of hydrogen-bond donors (Lipinski definition) is 4. The van der Waals surface area contributed by atoms with E-state index in [0.29, 0.717) is 36.2 Å². The largest absolute Gasteiger partial charge is 0.507 e. The van der Waals surface area contributed by atoms with Crippen LogP contribution in [0.25, 0.3) is 16.5 Å². The molecule has 30 heavy (non-hydrogen) atoms. The highest BCUT2D eigenvalue weighted by molar-refractivity contribution is 6.51. The number of H-pyrrole nitrogens is 2. The van der Waals surface area contributed by atoms with E-state index in [-0.39, 0.29) is 5.75 Å². The third-order valence-electron chi connectivity index (χ3n) is 5.59. The van der Waals surface area contributed by atoms with Crippen LogP contribution < -0.4 is 5.32 Å². The molecule has 2 heterocycles. The molecule has 0 aliphatic heterocycles. The molecule has 0 saturated carbocycles. The second-order valence-corrected chi connectivity index (χ2v) is 7.90. The first kappa shape index (κ1) is 20.1. The molecule has 4 N–H and O–H groups in total. The summed E-state index contributed by atoms with van der Waals surface area (Å²) in [6.45, 7) is 1.48. The number of benzene rings is 1. The van der Waals surface area contributed by atoms with Crippen molar-refractivity contribution in [2.45, 2.75) is 12.8 Å². The van der Waals surface area contributed by atoms with E-state index in [9.17, 15) is 14.7 Å². The maximum atomic E-state index is 12.7. The van der Waals surface area contributed by atoms with E-state index in [2.05, 4.69) is 20.2 Å². The standard InChI is InChI=1S/C23H26N4O3/c1-24-9-7-13-12-25-22-15(11-18(29)23(30)19(13)22)21-14(8-10-27(2)3)20-16(26-21)5-4-6-17(20)28/h4-6,11-12,24-26,28H,7-10H2,1-3H3. The first-order valence-electron chi connectivity index (χ1n) is 10.1. The minimum Gasteiger partial charge on any atom is -0.507 e. The van der Waals surface area contributed by atoms with Crippen LogP contribution in [0.15, 0.2) is 30.5 Å². The van der Waals surface area contributed by atoms with Crippen molar-refractivity contribution in [2.24, 2.45) is 0 Å². The number of nitrogens with one attached hydrogen (secondary N) is 3. The number of ketones is 2. The van der Waals surface area contributed by atoms with Crippen LogP contribution in [0.1, 0.15) is 32.9 Å². The van der Waals surface area contributed by atoms with Crippen LogP contribution in [-0.4, -0.2) is 65.8 Å². The van der Waals surface area contributed by atoms with Crippen LogP contribution >= 0.6 is 0 Å². The molecule has 0 atom stereocenters. The maximum Gasteiger partial charge on any atom is 0.235 e. The minimum absolute atomic E-state index is 0.198. The second kappa shape index (κ2) is 7.93. The first-order chi connectivity index (χ1) is 14.4. The number of nitrogens with zero attached hydrogens (tertiary/aromatic N) is 1. The molecule has 0 saturated heterocycles. The van der Waals surface area contributed by atoms with Gasteiger partial charge in [-0.1, -0.05) is 6.07 Å². The molecule has 7 nitrogen and oxygen atoms in total. The van der Waals surface area contributed by atoms with Crippen molar-refractivity contribution < 1.29 is 14.7 Å². The van der Waals surface area contributed by atoms with E-state index >= 15 is 0 Å². The van der Waals surface area contributed by atoms with Gasteiger partial charge in [-0.2, -0.15) is 0 Å². The Labute approximate surface area is 174 Å². The van der Waals surface area contributed by atoms with Crippen LogP contribution in [0.2, 0.25) is 0 Å². The number of rotatable bonds is 7. The van der Waals surface area contributed by atoms with Crippen LogP contribution in [0.3, 0.4) is 0 Å². The summed E-state index contributed by atoms with van der Waals surface area (Å²) < 4.78 is 0. The lowest BCUT2D eigenvalue weighted by Crippen LogP contribution is -2.21. The van der Waals surface area contributed by atoms with Crippen molar-refractivity contribution in [1.29, 1.82) is 0 Å². The van der Waals surface area contributed by atoms with Gasteiger partial charge in [0.15, 0.2) is 0 Å². The van der Waals surface area contributed by atoms with E-state index in [1.165, 1.54) is 6.08 Å². The van der Waals surface area contributed by atoms with Gasteiger partial charge in [0.1, 0.15) is 5.75 Å². The van der Waals surface area contributed by atoms with Crippen molar-refractivity contribution in [1.82, 2.24) is 20.2 Å². The Kier molecular flexibility index (Phi) is 5.32. The molecule has 2 aromatic heterocycles. The van der Waals surface area contributed by atoms with Crippen LogP contribution in [0.4, 0.5) is 0 Å². The Morgan fingerprint density at radius 3 is 2.67 bits per heavy atom. The van der Waals surface area contributed by atoms with Gasteiger partial charge >= 0.3 is 0 Å². The molecule has 156 valence electrons. The quantitative estimate of drug-likeness (QED) is 0.451. The van der Waals surface area contributed by atoms with Gasteiger partial charge in [-0.05, 0) is 63.8 Å². The zero-order chi connectivity index (χ0) is 21.4. The van der Waals surface area contributed by atoms with Crippen molar-refractivity contribution >= 4 is 28.0 Å². The summed E-state index contributed by atoms with van der Waals surface area (Å²) in [6, 6.07) is 5.36. The summed E-state index contributed by atoms with van der Waals surface area (Å²) in [7, 11) is 5.84. The third-order valence-corrected chi connectivity index (χ3v) is 5.59. The van der Waals surface area contributed by atoms with Crippen molar-refractivity contribution in [3.63, 3.8) is 0 Å². The van der Waals surface area contributed by atoms with Gasteiger partial charge in [0, 0.05) is 35.3 Å². The van der Waals surface area contributed by atoms with E-state index in [4.69, 9.17) is 0 Å². The van der Waals surface area contributed by atoms with Gasteiger partial charge in [-0.25, -0.2) is 0 Å². The van der Waals surface area contributed by atoms with Gasteiger partial charge in [0.25, 0.3) is 0 Å². The lowest BCUT2D eigenvalue weighted by molar-refractivity contribution is -0.111. The van der Waals surface area contributed by atoms with Gasteiger partial charge in [0.05, 0.1) is 17.0 Å². The van der Waals surface area contributed by atoms with Crippen LogP contribution in [0.5, 0.6) is 5.75 Å². The molecule has 0 unspecified atom stereocenters. The second-order valence-electron chi connectivity index (χ2n) is 7.90. The highest BCUT2D eigenvalue weighted by Gasteiger charge is 2.32. The number of aromatic hydroxyl groups is 1. The van der Waals surface area contributed by atoms with Crippen LogP contribution in [-0.2, 0) is 17.6 Å². The van der Waals surface area contributed by atoms with E-state index in [1.54, 1.807) is 12.1 Å². The predicted octanol–water partition coefficient (Wildman–Crippen LogP) is 2.26. The van der Waals surface area contributed by atoms with Gasteiger partial charge in [0.2, 0.25) is 11.6 Å². The predicted molar refractivity (Wildman–Crippen MR) is 117 cm³/mol. The molecule has 1 aliphatic carbocycles. The Morgan fingerprint density at radius 2 is 1.93 bits per heavy atom. The van der Waals surface area contributed by atoms with Crippen LogP contribution in [0, 0.1) is 0 Å². The molecule has 3 aromatic rings. The average Bonchev–Trinajstić information content (AvgIpc) is 3.30. The Morgan fingerprint density at radius 1 is 1.13 bits per heavy atom. The Balaban J connectivity index is 1.90. The summed E-state index contributed by atoms with van der Waals surface area (Å²) in [6.07, 6.45) is 4.55. The Bertz CT molecular complexity index is 1170. The molecule has 0 spiro atoms. The summed E-state index contributed by atoms with van der Waals surface area (Å²) in [5.74, 6) is -0.803. The fourth-order valence-corrected chi connectivity index (χ4v) is 4.09. The number of Topliss-reactive ketones (excluding diaryl/α,β-unsaturated/α-hetero) is 1. The number of hydrogen-bond acceptors (Lipinski definition) is 5. The van der Waals surface area contributed by atoms with Gasteiger partial charge in [-0.15, -0.1) is 0 Å². The molecule has 4 rings (SSSR count). The number of carbonyl (C=O) groups excluding carboxylic acids is 2. The SMILES string of the molecule is CNCCc1c[nH]c2c1C(=O)C(=O)C=C2c1[nH]c2cccc(O)c2c1CCN(C)C. The number of aromatic nitrogens is 2. The zero-order valence-corrected chi connectivity index (χ0v) is 17.4. The maximum absolute atomic E-state index is 12.7. The molecule has 0 bridgehead atoms. The zero-order valence-electron chi connectivity index (χ0n) is 17.4. The number of carbonyl (C=O) groups is 2. The molecular weight excluding hydrogens is 380 g/mol. The summed E-state index contributed by atoms with van der Waals surface area (Å²) in [4.78, 5) is 34.0. The van der Waals surface area contributed by atoms with Crippen molar-refractivity contribution in [3.8, 4) is 5.75 Å². The molecule has 0 fully saturated rings. The summed E-state index contributed by atoms with van der Waals surface area (Å²) in [5.41, 5.74) is 5.09. The summed E-state index contributed by atoms with van der Waals surface area (Å²) >= 11 is 0. The lowest BCUT2D eigenvalue weighted by atomic mass is 9.88. The number of aromatic amines is 2. The molecule has 0 radical (unpaired) electrons.